The Balaban J connectivity index is 2.29. The molecule has 1 aliphatic rings. The van der Waals surface area contributed by atoms with E-state index in [0.29, 0.717) is 11.4 Å². The number of β-amino-alcohol motifs (C(OH)–C–C–N with tert-alkyl or cyclic N) is 1. The average Bonchev–Trinajstić information content (AvgIpc) is 2.41. The van der Waals surface area contributed by atoms with Crippen molar-refractivity contribution in [3.05, 3.63) is 24.3 Å². The lowest BCUT2D eigenvalue weighted by Crippen LogP contribution is -2.51. The normalized spacial score (nSPS) is 17.2. The summed E-state index contributed by atoms with van der Waals surface area (Å²) >= 11 is 0. The van der Waals surface area contributed by atoms with Gasteiger partial charge in [-0.05, 0) is 19.1 Å². The van der Waals surface area contributed by atoms with Gasteiger partial charge in [0.25, 0.3) is 5.91 Å². The number of aliphatic hydroxyl groups is 1. The van der Waals surface area contributed by atoms with Crippen molar-refractivity contribution in [3.8, 4) is 5.75 Å². The van der Waals surface area contributed by atoms with Gasteiger partial charge in [0, 0.05) is 0 Å². The van der Waals surface area contributed by atoms with Gasteiger partial charge in [-0.15, -0.1) is 0 Å². The molecule has 0 spiro atoms. The van der Waals surface area contributed by atoms with E-state index in [1.54, 1.807) is 24.3 Å². The average molecular weight is 265 g/mol. The van der Waals surface area contributed by atoms with Crippen LogP contribution in [-0.4, -0.2) is 42.8 Å². The molecule has 0 saturated carbocycles. The van der Waals surface area contributed by atoms with Crippen LogP contribution in [0.4, 0.5) is 5.69 Å². The topological polar surface area (TPSA) is 76.1 Å². The number of carbonyl (C=O) groups excluding carboxylic acids is 2. The molecule has 1 heterocycles. The van der Waals surface area contributed by atoms with Gasteiger partial charge < -0.3 is 19.5 Å². The fourth-order valence-corrected chi connectivity index (χ4v) is 1.92. The molecule has 19 heavy (non-hydrogen) atoms. The Morgan fingerprint density at radius 2 is 2.21 bits per heavy atom. The van der Waals surface area contributed by atoms with Gasteiger partial charge in [-0.2, -0.15) is 0 Å². The molecular weight excluding hydrogens is 250 g/mol. The van der Waals surface area contributed by atoms with Crippen LogP contribution in [0.3, 0.4) is 0 Å². The first-order valence-electron chi connectivity index (χ1n) is 5.78. The molecule has 0 saturated heterocycles. The minimum atomic E-state index is -1.77. The molecule has 1 aliphatic heterocycles. The van der Waals surface area contributed by atoms with Crippen LogP contribution < -0.4 is 9.64 Å². The molecule has 102 valence electrons. The molecule has 1 aromatic rings. The molecule has 6 heteroatoms. The van der Waals surface area contributed by atoms with Crippen molar-refractivity contribution in [2.45, 2.75) is 12.5 Å². The number of hydrogen-bond acceptors (Lipinski definition) is 5. The van der Waals surface area contributed by atoms with Crippen LogP contribution in [0.5, 0.6) is 5.75 Å². The first-order chi connectivity index (χ1) is 8.95. The highest BCUT2D eigenvalue weighted by molar-refractivity contribution is 5.98. The lowest BCUT2D eigenvalue weighted by atomic mass is 10.1. The van der Waals surface area contributed by atoms with Crippen LogP contribution in [0.15, 0.2) is 24.3 Å². The van der Waals surface area contributed by atoms with E-state index in [0.717, 1.165) is 0 Å². The number of fused-ring (bicyclic) bond motifs is 1. The maximum absolute atomic E-state index is 11.9. The van der Waals surface area contributed by atoms with Gasteiger partial charge in [0.05, 0.1) is 19.3 Å². The second-order valence-electron chi connectivity index (χ2n) is 4.50. The molecule has 1 aromatic carbocycles. The number of esters is 1. The summed E-state index contributed by atoms with van der Waals surface area (Å²) in [5, 5.41) is 10.1. The standard InChI is InChI=1S/C13H15NO5/c1-13(17,12(16)18-2)8-14-9-5-3-4-6-10(9)19-7-11(14)15/h3-6,17H,7-8H2,1-2H3. The quantitative estimate of drug-likeness (QED) is 0.797. The summed E-state index contributed by atoms with van der Waals surface area (Å²) in [6, 6.07) is 6.95. The van der Waals surface area contributed by atoms with Crippen LogP contribution in [0.2, 0.25) is 0 Å². The Kier molecular flexibility index (Phi) is 3.44. The molecule has 6 nitrogen and oxygen atoms in total. The first kappa shape index (κ1) is 13.4. The zero-order valence-electron chi connectivity index (χ0n) is 10.8. The third-order valence-corrected chi connectivity index (χ3v) is 2.90. The summed E-state index contributed by atoms with van der Waals surface area (Å²) in [6.45, 7) is 1.01. The van der Waals surface area contributed by atoms with E-state index in [1.165, 1.54) is 18.9 Å². The Labute approximate surface area is 110 Å². The van der Waals surface area contributed by atoms with Crippen LogP contribution in [0.25, 0.3) is 0 Å². The number of para-hydroxylation sites is 2. The Morgan fingerprint density at radius 3 is 2.89 bits per heavy atom. The monoisotopic (exact) mass is 265 g/mol. The molecule has 2 rings (SSSR count). The SMILES string of the molecule is COC(=O)C(C)(O)CN1C(=O)COc2ccccc21. The molecule has 0 fully saturated rings. The van der Waals surface area contributed by atoms with E-state index >= 15 is 0 Å². The van der Waals surface area contributed by atoms with E-state index in [4.69, 9.17) is 4.74 Å². The van der Waals surface area contributed by atoms with Crippen LogP contribution >= 0.6 is 0 Å². The van der Waals surface area contributed by atoms with E-state index in [2.05, 4.69) is 4.74 Å². The van der Waals surface area contributed by atoms with Gasteiger partial charge in [0.2, 0.25) is 0 Å². The molecule has 0 aromatic heterocycles. The second kappa shape index (κ2) is 4.89. The summed E-state index contributed by atoms with van der Waals surface area (Å²) in [5.41, 5.74) is -1.24. The minimum absolute atomic E-state index is 0.117. The smallest absolute Gasteiger partial charge is 0.339 e. The van der Waals surface area contributed by atoms with Crippen molar-refractivity contribution < 1.29 is 24.2 Å². The van der Waals surface area contributed by atoms with Gasteiger partial charge in [0.15, 0.2) is 12.2 Å². The van der Waals surface area contributed by atoms with Gasteiger partial charge in [0.1, 0.15) is 5.75 Å². The molecule has 1 amide bonds. The van der Waals surface area contributed by atoms with Crippen LogP contribution in [-0.2, 0) is 14.3 Å². The lowest BCUT2D eigenvalue weighted by Gasteiger charge is -2.33. The summed E-state index contributed by atoms with van der Waals surface area (Å²) in [6.07, 6.45) is 0. The number of benzene rings is 1. The van der Waals surface area contributed by atoms with E-state index in [-0.39, 0.29) is 19.1 Å². The number of ether oxygens (including phenoxy) is 2. The maximum Gasteiger partial charge on any atom is 0.339 e. The molecule has 0 aliphatic carbocycles. The molecule has 1 N–H and O–H groups in total. The number of hydrogen-bond donors (Lipinski definition) is 1. The third kappa shape index (κ3) is 2.53. The number of amides is 1. The third-order valence-electron chi connectivity index (χ3n) is 2.90. The summed E-state index contributed by atoms with van der Waals surface area (Å²) in [5.74, 6) is -0.560. The molecular formula is C13H15NO5. The fourth-order valence-electron chi connectivity index (χ4n) is 1.92. The Bertz CT molecular complexity index is 512. The van der Waals surface area contributed by atoms with Crippen molar-refractivity contribution in [3.63, 3.8) is 0 Å². The van der Waals surface area contributed by atoms with Gasteiger partial charge in [-0.25, -0.2) is 4.79 Å². The fraction of sp³-hybridized carbons (Fsp3) is 0.385. The van der Waals surface area contributed by atoms with Crippen molar-refractivity contribution >= 4 is 17.6 Å². The highest BCUT2D eigenvalue weighted by Crippen LogP contribution is 2.32. The highest BCUT2D eigenvalue weighted by atomic mass is 16.5. The predicted octanol–water partition coefficient (Wildman–Crippen LogP) is 0.336. The zero-order chi connectivity index (χ0) is 14.0. The minimum Gasteiger partial charge on any atom is -0.482 e. The molecule has 0 bridgehead atoms. The summed E-state index contributed by atoms with van der Waals surface area (Å²) in [4.78, 5) is 24.7. The Morgan fingerprint density at radius 1 is 1.53 bits per heavy atom. The van der Waals surface area contributed by atoms with Gasteiger partial charge >= 0.3 is 5.97 Å². The van der Waals surface area contributed by atoms with Crippen molar-refractivity contribution in [2.24, 2.45) is 0 Å². The lowest BCUT2D eigenvalue weighted by molar-refractivity contribution is -0.159. The maximum atomic E-state index is 11.9. The molecule has 1 atom stereocenters. The number of carbonyl (C=O) groups is 2. The zero-order valence-corrected chi connectivity index (χ0v) is 10.8. The van der Waals surface area contributed by atoms with E-state index in [1.807, 2.05) is 0 Å². The first-order valence-corrected chi connectivity index (χ1v) is 5.78. The van der Waals surface area contributed by atoms with E-state index < -0.39 is 11.6 Å². The number of anilines is 1. The van der Waals surface area contributed by atoms with E-state index in [9.17, 15) is 14.7 Å². The largest absolute Gasteiger partial charge is 0.482 e. The number of nitrogens with zero attached hydrogens (tertiary/aromatic N) is 1. The molecule has 1 unspecified atom stereocenters. The highest BCUT2D eigenvalue weighted by Gasteiger charge is 2.38. The Hall–Kier alpha value is -2.08. The van der Waals surface area contributed by atoms with Crippen molar-refractivity contribution in [2.75, 3.05) is 25.2 Å². The summed E-state index contributed by atoms with van der Waals surface area (Å²) in [7, 11) is 1.19. The van der Waals surface area contributed by atoms with Crippen molar-refractivity contribution in [1.82, 2.24) is 0 Å². The van der Waals surface area contributed by atoms with Crippen LogP contribution in [0.1, 0.15) is 6.92 Å². The molecule has 0 radical (unpaired) electrons. The van der Waals surface area contributed by atoms with Crippen LogP contribution in [0, 0.1) is 0 Å². The summed E-state index contributed by atoms with van der Waals surface area (Å²) < 4.78 is 9.80. The number of rotatable bonds is 3. The van der Waals surface area contributed by atoms with Crippen molar-refractivity contribution in [1.29, 1.82) is 0 Å². The predicted molar refractivity (Wildman–Crippen MR) is 66.9 cm³/mol. The van der Waals surface area contributed by atoms with Gasteiger partial charge in [-0.3, -0.25) is 4.79 Å². The van der Waals surface area contributed by atoms with Gasteiger partial charge in [-0.1, -0.05) is 12.1 Å². The second-order valence-corrected chi connectivity index (χ2v) is 4.50. The number of methoxy groups -OCH3 is 1.